The number of ether oxygens (including phenoxy) is 8. The third-order valence-corrected chi connectivity index (χ3v) is 27.4. The van der Waals surface area contributed by atoms with Gasteiger partial charge >= 0.3 is 0 Å². The molecule has 2 spiro atoms. The number of fused-ring (bicyclic) bond motifs is 4. The van der Waals surface area contributed by atoms with E-state index in [1.807, 2.05) is 129 Å². The quantitative estimate of drug-likeness (QED) is 0.111. The average molecular weight is 1580 g/mol. The van der Waals surface area contributed by atoms with E-state index in [1.54, 1.807) is 13.0 Å². The Morgan fingerprint density at radius 1 is 0.513 bits per heavy atom. The van der Waals surface area contributed by atoms with Crippen molar-refractivity contribution >= 4 is 47.1 Å². The molecule has 10 heterocycles. The number of phenolic OH excluding ortho intramolecular Hbond substituents is 2. The zero-order chi connectivity index (χ0) is 82.6. The number of allylic oxidation sites excluding steroid dienone is 9. The fraction of sp³-hybridized carbons (Fsp3) is 0.617. The summed E-state index contributed by atoms with van der Waals surface area (Å²) in [5, 5.41) is 24.3. The molecule has 2 N–H and O–H groups in total. The molecule has 12 atom stereocenters. The molecule has 12 unspecified atom stereocenters. The Kier molecular flexibility index (Phi) is 22.9. The molecule has 2 amide bonds. The third kappa shape index (κ3) is 14.4. The molecular weight excluding hydrogens is 1460 g/mol. The van der Waals surface area contributed by atoms with Gasteiger partial charge in [0.15, 0.2) is 45.5 Å². The number of morpholine rings is 1. The molecule has 6 aliphatic carbocycles. The van der Waals surface area contributed by atoms with Crippen LogP contribution in [0.4, 0.5) is 0 Å². The number of amides is 2. The van der Waals surface area contributed by atoms with Crippen molar-refractivity contribution in [3.8, 4) is 34.5 Å². The Hall–Kier alpha value is -7.76. The third-order valence-electron chi connectivity index (χ3n) is 27.4. The Labute approximate surface area is 680 Å². The van der Waals surface area contributed by atoms with E-state index in [-0.39, 0.29) is 93.7 Å². The van der Waals surface area contributed by atoms with Crippen molar-refractivity contribution in [1.29, 1.82) is 0 Å². The Morgan fingerprint density at radius 3 is 1.46 bits per heavy atom. The summed E-state index contributed by atoms with van der Waals surface area (Å²) in [7, 11) is 4.10. The largest absolute Gasteiger partial charge is 0.506 e. The van der Waals surface area contributed by atoms with E-state index in [9.17, 15) is 29.4 Å². The number of benzene rings is 2. The SMILES string of the molecule is C1CCOC1.CC(C)=CCCC1(C)C=Cc2c(O)c3c(c(CC=C(C)C)c2O1)OC12C(=CC4CC1C(C)(C)OC2(C/C=C(/C)C(=O)N1CCN(C)CC1)C4=O)C3=O.CC(C)=CCCC1(C)C=Cc2c(O)c3c(c(CC=C(C)C)c2O1)OC12C(C3=O)C(N3CCOCC3)C3CC1C(C)(C)OC2(C/C=C(/C)C(=O)N1CCN(C)CC1)C3=O. The molecule has 21 heteroatoms. The van der Waals surface area contributed by atoms with Gasteiger partial charge in [0, 0.05) is 149 Å². The van der Waals surface area contributed by atoms with Gasteiger partial charge in [-0.15, -0.1) is 0 Å². The lowest BCUT2D eigenvalue weighted by Crippen LogP contribution is -2.82. The number of aromatic hydroxyl groups is 2. The maximum Gasteiger partial charge on any atom is 0.249 e. The summed E-state index contributed by atoms with van der Waals surface area (Å²) in [6.45, 7) is 41.9. The van der Waals surface area contributed by atoms with Crippen molar-refractivity contribution in [1.82, 2.24) is 24.5 Å². The van der Waals surface area contributed by atoms with Gasteiger partial charge in [-0.1, -0.05) is 64.8 Å². The lowest BCUT2D eigenvalue weighted by Gasteiger charge is -2.64. The second kappa shape index (κ2) is 31.5. The van der Waals surface area contributed by atoms with Gasteiger partial charge in [-0.3, -0.25) is 33.7 Å². The Balaban J connectivity index is 0.000000180. The number of phenols is 2. The first-order valence-corrected chi connectivity index (χ1v) is 42.4. The van der Waals surface area contributed by atoms with Crippen LogP contribution in [-0.4, -0.2) is 226 Å². The van der Waals surface area contributed by atoms with Crippen molar-refractivity contribution < 1.29 is 76.9 Å². The summed E-state index contributed by atoms with van der Waals surface area (Å²) >= 11 is 0. The minimum atomic E-state index is -1.56. The van der Waals surface area contributed by atoms with Crippen LogP contribution in [0, 0.1) is 29.6 Å². The number of Topliss-reactive ketones (excluding diaryl/α,β-unsaturated/α-hetero) is 4. The number of rotatable bonds is 17. The van der Waals surface area contributed by atoms with Gasteiger partial charge in [0.2, 0.25) is 11.8 Å². The molecule has 10 aliphatic heterocycles. The van der Waals surface area contributed by atoms with Gasteiger partial charge in [0.05, 0.1) is 41.5 Å². The van der Waals surface area contributed by atoms with Crippen molar-refractivity contribution in [2.45, 2.75) is 239 Å². The molecule has 16 aliphatic rings. The topological polar surface area (TPSA) is 233 Å². The van der Waals surface area contributed by atoms with Crippen LogP contribution in [0.25, 0.3) is 12.2 Å². The minimum absolute atomic E-state index is 0.0589. The molecule has 0 aromatic heterocycles. The highest BCUT2D eigenvalue weighted by atomic mass is 16.6. The van der Waals surface area contributed by atoms with Crippen LogP contribution in [0.3, 0.4) is 0 Å². The van der Waals surface area contributed by atoms with E-state index >= 15 is 9.59 Å². The molecule has 2 aromatic rings. The van der Waals surface area contributed by atoms with Crippen LogP contribution in [0.2, 0.25) is 0 Å². The zero-order valence-electron chi connectivity index (χ0n) is 71.5. The Morgan fingerprint density at radius 2 is 0.974 bits per heavy atom. The summed E-state index contributed by atoms with van der Waals surface area (Å²) in [6, 6.07) is -0.474. The fourth-order valence-corrected chi connectivity index (χ4v) is 21.3. The molecular formula is C94H125N5O16. The number of ketones is 4. The van der Waals surface area contributed by atoms with E-state index in [0.717, 1.165) is 63.4 Å². The highest BCUT2D eigenvalue weighted by Gasteiger charge is 2.86. The zero-order valence-corrected chi connectivity index (χ0v) is 71.5. The van der Waals surface area contributed by atoms with Crippen LogP contribution >= 0.6 is 0 Å². The maximum absolute atomic E-state index is 15.8. The first kappa shape index (κ1) is 83.7. The molecule has 0 radical (unpaired) electrons. The molecule has 115 heavy (non-hydrogen) atoms. The molecule has 6 saturated heterocycles. The van der Waals surface area contributed by atoms with E-state index in [4.69, 9.17) is 37.9 Å². The van der Waals surface area contributed by atoms with E-state index < -0.39 is 68.6 Å². The fourth-order valence-electron chi connectivity index (χ4n) is 21.3. The van der Waals surface area contributed by atoms with Crippen LogP contribution in [0.15, 0.2) is 93.7 Å². The van der Waals surface area contributed by atoms with E-state index in [0.29, 0.717) is 141 Å². The monoisotopic (exact) mass is 1580 g/mol. The number of carbonyl (C=O) groups excluding carboxylic acids is 6. The summed E-state index contributed by atoms with van der Waals surface area (Å²) in [5.41, 5.74) is -0.456. The van der Waals surface area contributed by atoms with Crippen molar-refractivity contribution in [3.05, 3.63) is 127 Å². The van der Waals surface area contributed by atoms with Gasteiger partial charge in [0.1, 0.15) is 56.8 Å². The lowest BCUT2D eigenvalue weighted by atomic mass is 9.44. The normalized spacial score (nSPS) is 32.2. The molecule has 18 rings (SSSR count). The highest BCUT2D eigenvalue weighted by Crippen LogP contribution is 2.73. The summed E-state index contributed by atoms with van der Waals surface area (Å²) < 4.78 is 53.5. The number of carbonyl (C=O) groups is 6. The number of likely N-dealkylation sites (N-methyl/N-ethyl adjacent to an activating group) is 2. The highest BCUT2D eigenvalue weighted by molar-refractivity contribution is 6.19. The number of hydrogen-bond donors (Lipinski definition) is 2. The van der Waals surface area contributed by atoms with Crippen LogP contribution in [0.1, 0.15) is 218 Å². The van der Waals surface area contributed by atoms with E-state index in [1.165, 1.54) is 24.0 Å². The molecule has 10 fully saturated rings. The second-order valence-electron chi connectivity index (χ2n) is 37.6. The average Bonchev–Trinajstić information content (AvgIpc) is 1.52. The summed E-state index contributed by atoms with van der Waals surface area (Å²) in [4.78, 5) is 98.9. The number of hydrogen-bond acceptors (Lipinski definition) is 19. The summed E-state index contributed by atoms with van der Waals surface area (Å²) in [5.74, 6) is -2.33. The van der Waals surface area contributed by atoms with Crippen LogP contribution in [-0.2, 0) is 51.0 Å². The predicted octanol–water partition coefficient (Wildman–Crippen LogP) is 14.0. The Bertz CT molecular complexity index is 4560. The molecule has 21 nitrogen and oxygen atoms in total. The van der Waals surface area contributed by atoms with Gasteiger partial charge in [0.25, 0.3) is 0 Å². The lowest BCUT2D eigenvalue weighted by molar-refractivity contribution is -0.216. The molecule has 2 aromatic carbocycles. The minimum Gasteiger partial charge on any atom is -0.506 e. The number of piperazine rings is 2. The van der Waals surface area contributed by atoms with Gasteiger partial charge < -0.3 is 67.7 Å². The first-order valence-electron chi connectivity index (χ1n) is 42.4. The molecule has 622 valence electrons. The second-order valence-corrected chi connectivity index (χ2v) is 37.6. The van der Waals surface area contributed by atoms with E-state index in [2.05, 4.69) is 73.7 Å². The first-order chi connectivity index (χ1) is 54.4. The van der Waals surface area contributed by atoms with Gasteiger partial charge in [-0.2, -0.15) is 0 Å². The molecule has 4 saturated carbocycles. The van der Waals surface area contributed by atoms with Gasteiger partial charge in [-0.25, -0.2) is 0 Å². The van der Waals surface area contributed by atoms with Crippen LogP contribution in [0.5, 0.6) is 34.5 Å². The maximum atomic E-state index is 15.8. The molecule has 8 bridgehead atoms. The van der Waals surface area contributed by atoms with Crippen molar-refractivity contribution in [3.63, 3.8) is 0 Å². The van der Waals surface area contributed by atoms with Crippen LogP contribution < -0.4 is 18.9 Å². The van der Waals surface area contributed by atoms with Crippen molar-refractivity contribution in [2.24, 2.45) is 29.6 Å². The standard InChI is InChI=1S/C47H63N3O8.C43H54N2O7.C4H8O/c1-28(2)11-10-16-45(8)17-15-31-38(51)35-39(52)36-37(49-23-25-55-26-24-49)33-27-34-44(6,7)58-46(42(33)53,18-14-30(5)43(54)50-21-19-48(9)20-22-50)47(34,36)57-41(35)32(40(31)56-45)13-12-29(3)4;1-25(2)11-10-16-41(8)17-15-29-34(46)33-35(47)31-23-28-24-32-40(6,7)52-42(38(28)48,18-14-27(5)39(49)45-21-19-44(9)20-22-45)43(31,32)51-37(33)30(36(29)50-41)13-12-26(3)4;1-2-4-5-3-1/h11-12,14-15,17,33-34,36-37,51H,10,13,16,18-27H2,1-9H3;11-12,14-15,17,23,28,32,46H,10,13,16,18-22,24H2,1-9H3;1-4H2/b30-14-;27-14-;. The van der Waals surface area contributed by atoms with Crippen molar-refractivity contribution in [2.75, 3.05) is 106 Å². The summed E-state index contributed by atoms with van der Waals surface area (Å²) in [6.07, 6.45) is 29.2. The predicted molar refractivity (Wildman–Crippen MR) is 443 cm³/mol. The number of nitrogens with zero attached hydrogens (tertiary/aromatic N) is 5. The van der Waals surface area contributed by atoms with Gasteiger partial charge in [-0.05, 0) is 213 Å². The smallest absolute Gasteiger partial charge is 0.249 e.